The van der Waals surface area contributed by atoms with Crippen molar-refractivity contribution in [1.82, 2.24) is 24.5 Å². The number of hydrogen-bond acceptors (Lipinski definition) is 6. The lowest BCUT2D eigenvalue weighted by Gasteiger charge is -2.09. The first-order valence-corrected chi connectivity index (χ1v) is 8.51. The van der Waals surface area contributed by atoms with Crippen LogP contribution in [0.3, 0.4) is 0 Å². The molecule has 0 spiro atoms. The Morgan fingerprint density at radius 2 is 2.07 bits per heavy atom. The standard InChI is InChI=1S/C18H18N8O/c1-2-26-15-8-13-12(7-14(15)24-18(26)25-17(19)27)16(23-10-22-13)21-9-11-5-3-4-6-20-11/h3-8,10H,2,9H2,1H3,(H,21,22,23)(H3,19,24,25,27). The van der Waals surface area contributed by atoms with Crippen LogP contribution in [-0.2, 0) is 13.1 Å². The minimum atomic E-state index is -0.651. The van der Waals surface area contributed by atoms with Gasteiger partial charge in [-0.25, -0.2) is 19.7 Å². The molecule has 0 aliphatic rings. The van der Waals surface area contributed by atoms with Crippen LogP contribution in [0.1, 0.15) is 12.6 Å². The maximum absolute atomic E-state index is 11.2. The van der Waals surface area contributed by atoms with Crippen LogP contribution in [0.4, 0.5) is 16.6 Å². The number of benzene rings is 1. The first-order chi connectivity index (χ1) is 13.2. The predicted molar refractivity (Wildman–Crippen MR) is 103 cm³/mol. The summed E-state index contributed by atoms with van der Waals surface area (Å²) in [6.07, 6.45) is 3.27. The van der Waals surface area contributed by atoms with Crippen LogP contribution in [0.2, 0.25) is 0 Å². The predicted octanol–water partition coefficient (Wildman–Crippen LogP) is 2.50. The van der Waals surface area contributed by atoms with E-state index in [0.717, 1.165) is 27.6 Å². The molecule has 0 fully saturated rings. The number of rotatable bonds is 5. The minimum Gasteiger partial charge on any atom is -0.364 e. The topological polar surface area (TPSA) is 124 Å². The van der Waals surface area contributed by atoms with Crippen molar-refractivity contribution >= 4 is 39.7 Å². The molecule has 0 saturated carbocycles. The van der Waals surface area contributed by atoms with E-state index >= 15 is 0 Å². The number of nitrogens with zero attached hydrogens (tertiary/aromatic N) is 5. The molecule has 27 heavy (non-hydrogen) atoms. The Hall–Kier alpha value is -3.75. The number of nitrogens with one attached hydrogen (secondary N) is 2. The number of carbonyl (C=O) groups excluding carboxylic acids is 1. The number of pyridine rings is 1. The van der Waals surface area contributed by atoms with E-state index in [1.54, 1.807) is 6.20 Å². The van der Waals surface area contributed by atoms with Crippen molar-refractivity contribution in [2.75, 3.05) is 10.6 Å². The number of urea groups is 1. The number of aryl methyl sites for hydroxylation is 1. The molecule has 0 unspecified atom stereocenters. The third-order valence-electron chi connectivity index (χ3n) is 4.22. The molecular formula is C18H18N8O. The number of carbonyl (C=O) groups is 1. The van der Waals surface area contributed by atoms with Crippen molar-refractivity contribution in [2.24, 2.45) is 5.73 Å². The molecule has 9 nitrogen and oxygen atoms in total. The summed E-state index contributed by atoms with van der Waals surface area (Å²) in [5.41, 5.74) is 8.53. The first kappa shape index (κ1) is 16.7. The molecule has 4 aromatic rings. The van der Waals surface area contributed by atoms with Gasteiger partial charge >= 0.3 is 6.03 Å². The summed E-state index contributed by atoms with van der Waals surface area (Å²) in [5.74, 6) is 1.11. The Morgan fingerprint density at radius 3 is 2.81 bits per heavy atom. The van der Waals surface area contributed by atoms with Crippen molar-refractivity contribution in [3.63, 3.8) is 0 Å². The number of amides is 2. The fourth-order valence-corrected chi connectivity index (χ4v) is 3.02. The number of fused-ring (bicyclic) bond motifs is 2. The van der Waals surface area contributed by atoms with Gasteiger partial charge in [-0.15, -0.1) is 0 Å². The zero-order chi connectivity index (χ0) is 18.8. The zero-order valence-electron chi connectivity index (χ0n) is 14.7. The Bertz CT molecular complexity index is 1120. The fourth-order valence-electron chi connectivity index (χ4n) is 3.02. The first-order valence-electron chi connectivity index (χ1n) is 8.51. The van der Waals surface area contributed by atoms with Crippen molar-refractivity contribution in [1.29, 1.82) is 0 Å². The third-order valence-corrected chi connectivity index (χ3v) is 4.22. The van der Waals surface area contributed by atoms with E-state index < -0.39 is 6.03 Å². The lowest BCUT2D eigenvalue weighted by Crippen LogP contribution is -2.21. The summed E-state index contributed by atoms with van der Waals surface area (Å²) in [5, 5.41) is 6.70. The van der Waals surface area contributed by atoms with Crippen LogP contribution in [0.15, 0.2) is 42.9 Å². The van der Waals surface area contributed by atoms with Gasteiger partial charge in [0.15, 0.2) is 0 Å². The molecule has 136 valence electrons. The second-order valence-electron chi connectivity index (χ2n) is 5.92. The van der Waals surface area contributed by atoms with Gasteiger partial charge < -0.3 is 15.6 Å². The second-order valence-corrected chi connectivity index (χ2v) is 5.92. The maximum atomic E-state index is 11.2. The van der Waals surface area contributed by atoms with Crippen molar-refractivity contribution in [3.8, 4) is 0 Å². The molecule has 0 bridgehead atoms. The van der Waals surface area contributed by atoms with Gasteiger partial charge in [0.25, 0.3) is 0 Å². The molecule has 4 N–H and O–H groups in total. The largest absolute Gasteiger partial charge is 0.364 e. The highest BCUT2D eigenvalue weighted by atomic mass is 16.2. The van der Waals surface area contributed by atoms with E-state index in [1.165, 1.54) is 6.33 Å². The van der Waals surface area contributed by atoms with Gasteiger partial charge in [0, 0.05) is 18.1 Å². The summed E-state index contributed by atoms with van der Waals surface area (Å²) in [6.45, 7) is 3.15. The summed E-state index contributed by atoms with van der Waals surface area (Å²) in [6, 6.07) is 8.95. The van der Waals surface area contributed by atoms with Crippen LogP contribution in [0.5, 0.6) is 0 Å². The van der Waals surface area contributed by atoms with Gasteiger partial charge in [0.05, 0.1) is 28.8 Å². The lowest BCUT2D eigenvalue weighted by molar-refractivity contribution is 0.259. The van der Waals surface area contributed by atoms with Crippen LogP contribution in [0.25, 0.3) is 21.9 Å². The third kappa shape index (κ3) is 3.22. The summed E-state index contributed by atoms with van der Waals surface area (Å²) in [7, 11) is 0. The van der Waals surface area contributed by atoms with Crippen molar-refractivity contribution < 1.29 is 4.79 Å². The molecule has 0 saturated heterocycles. The zero-order valence-corrected chi connectivity index (χ0v) is 14.7. The second kappa shape index (κ2) is 6.87. The molecule has 0 radical (unpaired) electrons. The van der Waals surface area contributed by atoms with Crippen molar-refractivity contribution in [2.45, 2.75) is 20.0 Å². The molecular weight excluding hydrogens is 344 g/mol. The monoisotopic (exact) mass is 362 g/mol. The van der Waals surface area contributed by atoms with E-state index in [4.69, 9.17) is 5.73 Å². The van der Waals surface area contributed by atoms with E-state index in [0.29, 0.717) is 24.9 Å². The molecule has 0 aliphatic heterocycles. The molecule has 3 aromatic heterocycles. The van der Waals surface area contributed by atoms with Crippen LogP contribution < -0.4 is 16.4 Å². The van der Waals surface area contributed by atoms with Crippen LogP contribution in [-0.4, -0.2) is 30.5 Å². The number of aromatic nitrogens is 5. The SMILES string of the molecule is CCn1c(NC(N)=O)nc2cc3c(NCc4ccccn4)ncnc3cc21. The quantitative estimate of drug-likeness (QED) is 0.501. The normalized spacial score (nSPS) is 11.0. The minimum absolute atomic E-state index is 0.409. The molecule has 0 aliphatic carbocycles. The molecule has 2 amide bonds. The summed E-state index contributed by atoms with van der Waals surface area (Å²) in [4.78, 5) is 28.8. The van der Waals surface area contributed by atoms with Crippen molar-refractivity contribution in [3.05, 3.63) is 48.5 Å². The average molecular weight is 362 g/mol. The van der Waals surface area contributed by atoms with E-state index in [-0.39, 0.29) is 0 Å². The lowest BCUT2D eigenvalue weighted by atomic mass is 10.2. The Morgan fingerprint density at radius 1 is 1.19 bits per heavy atom. The molecule has 3 heterocycles. The number of anilines is 2. The Balaban J connectivity index is 1.77. The van der Waals surface area contributed by atoms with Gasteiger partial charge in [-0.3, -0.25) is 10.3 Å². The number of primary amides is 1. The highest BCUT2D eigenvalue weighted by molar-refractivity contribution is 6.00. The maximum Gasteiger partial charge on any atom is 0.318 e. The summed E-state index contributed by atoms with van der Waals surface area (Å²) < 4.78 is 1.88. The van der Waals surface area contributed by atoms with Crippen LogP contribution >= 0.6 is 0 Å². The number of nitrogens with two attached hydrogens (primary N) is 1. The number of imidazole rings is 1. The van der Waals surface area contributed by atoms with E-state index in [9.17, 15) is 4.79 Å². The Kier molecular flexibility index (Phi) is 4.25. The fraction of sp³-hybridized carbons (Fsp3) is 0.167. The highest BCUT2D eigenvalue weighted by Gasteiger charge is 2.14. The molecule has 1 aromatic carbocycles. The van der Waals surface area contributed by atoms with E-state index in [2.05, 4.69) is 30.6 Å². The molecule has 9 heteroatoms. The average Bonchev–Trinajstić information content (AvgIpc) is 3.00. The van der Waals surface area contributed by atoms with Crippen LogP contribution in [0, 0.1) is 0 Å². The van der Waals surface area contributed by atoms with E-state index in [1.807, 2.05) is 41.8 Å². The van der Waals surface area contributed by atoms with Gasteiger partial charge in [-0.1, -0.05) is 6.07 Å². The summed E-state index contributed by atoms with van der Waals surface area (Å²) >= 11 is 0. The van der Waals surface area contributed by atoms with Gasteiger partial charge in [0.1, 0.15) is 12.1 Å². The van der Waals surface area contributed by atoms with Gasteiger partial charge in [-0.05, 0) is 31.2 Å². The molecule has 4 rings (SSSR count). The Labute approximate surface area is 154 Å². The van der Waals surface area contributed by atoms with Gasteiger partial charge in [0.2, 0.25) is 5.95 Å². The highest BCUT2D eigenvalue weighted by Crippen LogP contribution is 2.28. The van der Waals surface area contributed by atoms with Gasteiger partial charge in [-0.2, -0.15) is 0 Å². The smallest absolute Gasteiger partial charge is 0.318 e. The number of hydrogen-bond donors (Lipinski definition) is 3. The molecule has 0 atom stereocenters.